The Bertz CT molecular complexity index is 290. The second-order valence-corrected chi connectivity index (χ2v) is 17.5. The number of rotatable bonds is 2. The molecule has 0 aliphatic rings. The first-order valence-corrected chi connectivity index (χ1v) is 13.6. The Morgan fingerprint density at radius 3 is 2.00 bits per heavy atom. The molecule has 0 aliphatic carbocycles. The Hall–Kier alpha value is -0.191. The molecule has 0 fully saturated rings. The molecule has 0 unspecified atom stereocenters. The van der Waals surface area contributed by atoms with Crippen LogP contribution in [0, 0.1) is 0 Å². The molecule has 0 spiro atoms. The summed E-state index contributed by atoms with van der Waals surface area (Å²) in [5, 5.41) is 0. The monoisotopic (exact) mass is 310 g/mol. The maximum atomic E-state index is 12.3. The van der Waals surface area contributed by atoms with E-state index in [1.54, 1.807) is 0 Å². The van der Waals surface area contributed by atoms with E-state index in [0.717, 1.165) is 3.58 Å². The summed E-state index contributed by atoms with van der Waals surface area (Å²) in [5.41, 5.74) is 0. The van der Waals surface area contributed by atoms with E-state index < -0.39 is 29.0 Å². The third-order valence-corrected chi connectivity index (χ3v) is 11.3. The van der Waals surface area contributed by atoms with Crippen molar-refractivity contribution in [3.05, 3.63) is 30.3 Å². The molecule has 0 bridgehead atoms. The van der Waals surface area contributed by atoms with Gasteiger partial charge in [-0.3, -0.25) is 0 Å². The van der Waals surface area contributed by atoms with E-state index in [1.165, 1.54) is 0 Å². The van der Waals surface area contributed by atoms with E-state index in [0.29, 0.717) is 0 Å². The van der Waals surface area contributed by atoms with Crippen molar-refractivity contribution < 1.29 is 13.2 Å². The Labute approximate surface area is 86.0 Å². The summed E-state index contributed by atoms with van der Waals surface area (Å²) in [7, 11) is 0. The van der Waals surface area contributed by atoms with Crippen molar-refractivity contribution >= 4 is 22.0 Å². The van der Waals surface area contributed by atoms with Gasteiger partial charge in [0.2, 0.25) is 0 Å². The Morgan fingerprint density at radius 2 is 1.57 bits per heavy atom. The van der Waals surface area contributed by atoms with Crippen LogP contribution in [0.4, 0.5) is 13.2 Å². The number of benzene rings is 1. The zero-order valence-electron chi connectivity index (χ0n) is 8.23. The van der Waals surface area contributed by atoms with Gasteiger partial charge < -0.3 is 0 Å². The summed E-state index contributed by atoms with van der Waals surface area (Å²) in [6.07, 6.45) is -4.02. The maximum absolute atomic E-state index is 12.3. The summed E-state index contributed by atoms with van der Waals surface area (Å²) in [5.74, 6) is 0. The second kappa shape index (κ2) is 4.12. The first kappa shape index (κ1) is 11.9. The minimum atomic E-state index is -4.02. The van der Waals surface area contributed by atoms with Crippen LogP contribution < -0.4 is 3.58 Å². The van der Waals surface area contributed by atoms with Crippen molar-refractivity contribution in [2.75, 3.05) is 0 Å². The number of hydrogen-bond acceptors (Lipinski definition) is 0. The van der Waals surface area contributed by atoms with E-state index in [1.807, 2.05) is 40.2 Å². The molecule has 4 heteroatoms. The molecular weight excluding hydrogens is 296 g/mol. The predicted molar refractivity (Wildman–Crippen MR) is 54.4 cm³/mol. The SMILES string of the molecule is [CH3][Sn]([CH3])([CH2]C(F)(F)F)[c]1ccccc1. The van der Waals surface area contributed by atoms with Gasteiger partial charge >= 0.3 is 86.0 Å². The third kappa shape index (κ3) is 3.52. The summed E-state index contributed by atoms with van der Waals surface area (Å²) in [6.45, 7) is 0. The van der Waals surface area contributed by atoms with Crippen molar-refractivity contribution in [1.82, 2.24) is 0 Å². The van der Waals surface area contributed by atoms with E-state index in [9.17, 15) is 13.2 Å². The zero-order chi connectivity index (χ0) is 10.8. The first-order valence-electron chi connectivity index (χ1n) is 4.43. The quantitative estimate of drug-likeness (QED) is 0.736. The van der Waals surface area contributed by atoms with Crippen molar-refractivity contribution in [3.8, 4) is 0 Å². The van der Waals surface area contributed by atoms with Crippen molar-refractivity contribution in [1.29, 1.82) is 0 Å². The molecule has 1 rings (SSSR count). The van der Waals surface area contributed by atoms with Crippen LogP contribution in [0.15, 0.2) is 30.3 Å². The van der Waals surface area contributed by atoms with Gasteiger partial charge in [-0.05, 0) is 0 Å². The van der Waals surface area contributed by atoms with Gasteiger partial charge in [0, 0.05) is 0 Å². The van der Waals surface area contributed by atoms with Gasteiger partial charge in [-0.2, -0.15) is 0 Å². The standard InChI is InChI=1S/C6H5.C2H2F3.2CH3.Sn/c1-2-4-6-5-3-1;1-2(3,4)5;;;/h1-5H;1H2;2*1H3;. The van der Waals surface area contributed by atoms with Crippen LogP contribution in [0.3, 0.4) is 0 Å². The summed E-state index contributed by atoms with van der Waals surface area (Å²) >= 11 is -3.10. The number of alkyl halides is 3. The minimum absolute atomic E-state index is 0.578. The average molecular weight is 309 g/mol. The average Bonchev–Trinajstić information content (AvgIpc) is 2.01. The molecule has 0 saturated carbocycles. The zero-order valence-corrected chi connectivity index (χ0v) is 11.1. The molecule has 0 nitrogen and oxygen atoms in total. The molecular formula is C10H13F3Sn. The molecule has 14 heavy (non-hydrogen) atoms. The molecule has 0 atom stereocenters. The molecule has 0 aliphatic heterocycles. The Balaban J connectivity index is 2.86. The molecule has 1 aromatic carbocycles. The van der Waals surface area contributed by atoms with Gasteiger partial charge in [-0.25, -0.2) is 0 Å². The molecule has 1 aromatic rings. The number of halogens is 3. The fourth-order valence-corrected chi connectivity index (χ4v) is 8.06. The van der Waals surface area contributed by atoms with Crippen LogP contribution in [-0.4, -0.2) is 24.6 Å². The van der Waals surface area contributed by atoms with E-state index in [-0.39, 0.29) is 0 Å². The van der Waals surface area contributed by atoms with Gasteiger partial charge in [-0.1, -0.05) is 0 Å². The molecule has 0 amide bonds. The van der Waals surface area contributed by atoms with Crippen molar-refractivity contribution in [3.63, 3.8) is 0 Å². The van der Waals surface area contributed by atoms with Gasteiger partial charge in [0.25, 0.3) is 0 Å². The van der Waals surface area contributed by atoms with Gasteiger partial charge in [0.15, 0.2) is 0 Å². The molecule has 0 saturated heterocycles. The second-order valence-electron chi connectivity index (χ2n) is 4.04. The predicted octanol–water partition coefficient (Wildman–Crippen LogP) is 3.16. The van der Waals surface area contributed by atoms with E-state index in [2.05, 4.69) is 0 Å². The summed E-state index contributed by atoms with van der Waals surface area (Å²) in [6, 6.07) is 9.09. The normalized spacial score (nSPS) is 12.9. The molecule has 0 radical (unpaired) electrons. The Morgan fingerprint density at radius 1 is 1.07 bits per heavy atom. The van der Waals surface area contributed by atoms with Crippen molar-refractivity contribution in [2.45, 2.75) is 20.5 Å². The topological polar surface area (TPSA) is 0 Å². The van der Waals surface area contributed by atoms with Crippen LogP contribution in [0.2, 0.25) is 14.3 Å². The summed E-state index contributed by atoms with van der Waals surface area (Å²) in [4.78, 5) is 3.63. The Kier molecular flexibility index (Phi) is 3.50. The number of hydrogen-bond donors (Lipinski definition) is 0. The van der Waals surface area contributed by atoms with Gasteiger partial charge in [-0.15, -0.1) is 0 Å². The van der Waals surface area contributed by atoms with Gasteiger partial charge in [0.05, 0.1) is 0 Å². The third-order valence-electron chi connectivity index (χ3n) is 2.20. The molecule has 78 valence electrons. The molecule has 0 aromatic heterocycles. The van der Waals surface area contributed by atoms with Crippen LogP contribution in [-0.2, 0) is 0 Å². The van der Waals surface area contributed by atoms with Crippen LogP contribution in [0.1, 0.15) is 0 Å². The summed E-state index contributed by atoms with van der Waals surface area (Å²) < 4.78 is 37.2. The fraction of sp³-hybridized carbons (Fsp3) is 0.400. The first-order chi connectivity index (χ1) is 6.31. The van der Waals surface area contributed by atoms with Crippen molar-refractivity contribution in [2.24, 2.45) is 0 Å². The van der Waals surface area contributed by atoms with Crippen LogP contribution in [0.25, 0.3) is 0 Å². The van der Waals surface area contributed by atoms with E-state index in [4.69, 9.17) is 0 Å². The van der Waals surface area contributed by atoms with Crippen LogP contribution >= 0.6 is 0 Å². The fourth-order valence-electron chi connectivity index (χ4n) is 1.49. The van der Waals surface area contributed by atoms with Gasteiger partial charge in [0.1, 0.15) is 0 Å². The molecule has 0 N–H and O–H groups in total. The molecule has 0 heterocycles. The van der Waals surface area contributed by atoms with Crippen LogP contribution in [0.5, 0.6) is 0 Å². The van der Waals surface area contributed by atoms with E-state index >= 15 is 0 Å².